The predicted molar refractivity (Wildman–Crippen MR) is 231 cm³/mol. The van der Waals surface area contributed by atoms with Crippen molar-refractivity contribution in [3.8, 4) is 27.9 Å². The third-order valence-corrected chi connectivity index (χ3v) is 10.9. The van der Waals surface area contributed by atoms with E-state index in [-0.39, 0.29) is 0 Å². The SMILES string of the molecule is c1ccc(C2=NC(n3c4ccccc4c4cc(-c5ccc6c(c5)c5cncc(-c7ccccc7)c5n6-c5ccccc5)ccc43)NC(c3ccccc3)=N2)cc1. The zero-order valence-electron chi connectivity index (χ0n) is 30.3. The fourth-order valence-electron chi connectivity index (χ4n) is 8.29. The number of benzene rings is 7. The van der Waals surface area contributed by atoms with Gasteiger partial charge in [-0.2, -0.15) is 0 Å². The smallest absolute Gasteiger partial charge is 0.204 e. The first-order valence-electron chi connectivity index (χ1n) is 18.9. The Balaban J connectivity index is 1.08. The maximum absolute atomic E-state index is 5.24. The fourth-order valence-corrected chi connectivity index (χ4v) is 8.29. The van der Waals surface area contributed by atoms with Crippen LogP contribution in [0.15, 0.2) is 204 Å². The molecule has 0 radical (unpaired) electrons. The lowest BCUT2D eigenvalue weighted by Gasteiger charge is -2.25. The summed E-state index contributed by atoms with van der Waals surface area (Å²) in [6, 6.07) is 63.9. The van der Waals surface area contributed by atoms with Crippen molar-refractivity contribution in [1.82, 2.24) is 19.4 Å². The van der Waals surface area contributed by atoms with E-state index in [1.807, 2.05) is 48.8 Å². The molecule has 0 amide bonds. The number of amidine groups is 2. The number of aliphatic imine (C=N–C) groups is 2. The Hall–Kier alpha value is -7.57. The fraction of sp³-hybridized carbons (Fsp3) is 0.0200. The molecule has 0 fully saturated rings. The van der Waals surface area contributed by atoms with Crippen molar-refractivity contribution in [3.63, 3.8) is 0 Å². The summed E-state index contributed by atoms with van der Waals surface area (Å²) in [5.74, 6) is 1.49. The molecule has 10 aromatic rings. The quantitative estimate of drug-likeness (QED) is 0.186. The van der Waals surface area contributed by atoms with E-state index in [2.05, 4.69) is 160 Å². The van der Waals surface area contributed by atoms with Crippen molar-refractivity contribution in [2.24, 2.45) is 9.98 Å². The molecule has 1 atom stereocenters. The van der Waals surface area contributed by atoms with Gasteiger partial charge in [0.1, 0.15) is 5.84 Å². The van der Waals surface area contributed by atoms with Crippen molar-refractivity contribution in [1.29, 1.82) is 0 Å². The van der Waals surface area contributed by atoms with E-state index < -0.39 is 6.29 Å². The standard InChI is InChI=1S/C50H34N6/c1-5-15-33(16-6-1)42-31-51-32-43-41-30-37(25-27-45(41)55(47(42)43)38-21-11-4-12-22-38)36-26-28-46-40(29-36)39-23-13-14-24-44(39)56(46)50-53-48(34-17-7-2-8-18-34)52-49(54-50)35-19-9-3-10-20-35/h1-32,50H,(H,52,53,54). The predicted octanol–water partition coefficient (Wildman–Crippen LogP) is 11.6. The van der Waals surface area contributed by atoms with Crippen molar-refractivity contribution in [3.05, 3.63) is 206 Å². The molecule has 6 nitrogen and oxygen atoms in total. The number of pyridine rings is 1. The highest BCUT2D eigenvalue weighted by Gasteiger charge is 2.25. The van der Waals surface area contributed by atoms with Crippen LogP contribution in [0.2, 0.25) is 0 Å². The highest BCUT2D eigenvalue weighted by molar-refractivity contribution is 6.16. The summed E-state index contributed by atoms with van der Waals surface area (Å²) in [7, 11) is 0. The molecule has 1 aliphatic rings. The third-order valence-electron chi connectivity index (χ3n) is 10.9. The van der Waals surface area contributed by atoms with Gasteiger partial charge in [0, 0.05) is 56.3 Å². The lowest BCUT2D eigenvalue weighted by molar-refractivity contribution is 0.516. The zero-order valence-corrected chi connectivity index (χ0v) is 30.3. The molecular weight excluding hydrogens is 685 g/mol. The molecule has 0 saturated heterocycles. The maximum atomic E-state index is 5.24. The van der Waals surface area contributed by atoms with Crippen molar-refractivity contribution < 1.29 is 0 Å². The van der Waals surface area contributed by atoms with Crippen molar-refractivity contribution in [2.45, 2.75) is 6.29 Å². The second-order valence-electron chi connectivity index (χ2n) is 14.1. The highest BCUT2D eigenvalue weighted by Crippen LogP contribution is 2.40. The third kappa shape index (κ3) is 5.22. The number of hydrogen-bond acceptors (Lipinski definition) is 4. The number of nitrogens with one attached hydrogen (secondary N) is 1. The molecule has 1 N–H and O–H groups in total. The van der Waals surface area contributed by atoms with Gasteiger partial charge >= 0.3 is 0 Å². The molecule has 0 aliphatic carbocycles. The first-order valence-corrected chi connectivity index (χ1v) is 18.9. The minimum Gasteiger partial charge on any atom is -0.331 e. The van der Waals surface area contributed by atoms with E-state index in [0.717, 1.165) is 77.7 Å². The minimum atomic E-state index is -0.419. The van der Waals surface area contributed by atoms with Crippen LogP contribution in [0.5, 0.6) is 0 Å². The van der Waals surface area contributed by atoms with Gasteiger partial charge in [0.15, 0.2) is 5.84 Å². The Bertz CT molecular complexity index is 3140. The van der Waals surface area contributed by atoms with Crippen LogP contribution in [-0.4, -0.2) is 25.8 Å². The summed E-state index contributed by atoms with van der Waals surface area (Å²) in [6.07, 6.45) is 3.58. The van der Waals surface area contributed by atoms with E-state index in [1.54, 1.807) is 0 Å². The van der Waals surface area contributed by atoms with Gasteiger partial charge in [-0.05, 0) is 59.2 Å². The molecule has 0 saturated carbocycles. The molecule has 264 valence electrons. The monoisotopic (exact) mass is 718 g/mol. The summed E-state index contributed by atoms with van der Waals surface area (Å²) >= 11 is 0. The summed E-state index contributed by atoms with van der Waals surface area (Å²) in [5.41, 5.74) is 12.1. The second kappa shape index (κ2) is 13.1. The van der Waals surface area contributed by atoms with Gasteiger partial charge in [0.25, 0.3) is 0 Å². The largest absolute Gasteiger partial charge is 0.331 e. The summed E-state index contributed by atoms with van der Waals surface area (Å²) in [5, 5.41) is 8.31. The number of fused-ring (bicyclic) bond motifs is 6. The molecular formula is C50H34N6. The molecule has 1 aliphatic heterocycles. The van der Waals surface area contributed by atoms with Crippen LogP contribution in [-0.2, 0) is 0 Å². The van der Waals surface area contributed by atoms with Gasteiger partial charge in [0.05, 0.1) is 22.1 Å². The number of rotatable bonds is 6. The van der Waals surface area contributed by atoms with Crippen LogP contribution < -0.4 is 5.32 Å². The number of aromatic nitrogens is 3. The minimum absolute atomic E-state index is 0.419. The lowest BCUT2D eigenvalue weighted by atomic mass is 10.00. The molecule has 56 heavy (non-hydrogen) atoms. The van der Waals surface area contributed by atoms with Gasteiger partial charge in [0.2, 0.25) is 6.29 Å². The van der Waals surface area contributed by atoms with Crippen LogP contribution in [0.3, 0.4) is 0 Å². The van der Waals surface area contributed by atoms with Crippen LogP contribution in [0.25, 0.3) is 71.6 Å². The molecule has 1 unspecified atom stereocenters. The Kier molecular flexibility index (Phi) is 7.45. The van der Waals surface area contributed by atoms with E-state index in [0.29, 0.717) is 5.84 Å². The highest BCUT2D eigenvalue weighted by atomic mass is 15.3. The topological polar surface area (TPSA) is 59.5 Å². The number of hydrogen-bond donors (Lipinski definition) is 1. The van der Waals surface area contributed by atoms with E-state index in [4.69, 9.17) is 15.0 Å². The van der Waals surface area contributed by atoms with Crippen LogP contribution in [0.1, 0.15) is 17.4 Å². The van der Waals surface area contributed by atoms with Crippen molar-refractivity contribution in [2.75, 3.05) is 0 Å². The van der Waals surface area contributed by atoms with E-state index in [9.17, 15) is 0 Å². The van der Waals surface area contributed by atoms with E-state index in [1.165, 1.54) is 10.8 Å². The average Bonchev–Trinajstić information content (AvgIpc) is 3.80. The van der Waals surface area contributed by atoms with Crippen LogP contribution in [0, 0.1) is 0 Å². The first-order chi connectivity index (χ1) is 27.8. The van der Waals surface area contributed by atoms with Crippen LogP contribution >= 0.6 is 0 Å². The Labute approximate surface area is 323 Å². The number of para-hydroxylation sites is 2. The molecule has 3 aromatic heterocycles. The number of nitrogens with zero attached hydrogens (tertiary/aromatic N) is 5. The normalized spacial score (nSPS) is 14.2. The van der Waals surface area contributed by atoms with Gasteiger partial charge in [-0.15, -0.1) is 0 Å². The molecule has 0 spiro atoms. The van der Waals surface area contributed by atoms with Gasteiger partial charge in [-0.25, -0.2) is 9.98 Å². The van der Waals surface area contributed by atoms with Gasteiger partial charge in [-0.1, -0.05) is 140 Å². The van der Waals surface area contributed by atoms with Gasteiger partial charge < -0.3 is 14.5 Å². The van der Waals surface area contributed by atoms with Crippen molar-refractivity contribution >= 4 is 55.3 Å². The maximum Gasteiger partial charge on any atom is 0.204 e. The molecule has 11 rings (SSSR count). The zero-order chi connectivity index (χ0) is 37.0. The second-order valence-corrected chi connectivity index (χ2v) is 14.1. The molecule has 0 bridgehead atoms. The summed E-state index contributed by atoms with van der Waals surface area (Å²) in [6.45, 7) is 0. The Morgan fingerprint density at radius 1 is 0.446 bits per heavy atom. The first kappa shape index (κ1) is 31.9. The summed E-state index contributed by atoms with van der Waals surface area (Å²) in [4.78, 5) is 15.0. The van der Waals surface area contributed by atoms with Gasteiger partial charge in [-0.3, -0.25) is 4.98 Å². The Morgan fingerprint density at radius 3 is 1.73 bits per heavy atom. The van der Waals surface area contributed by atoms with Crippen LogP contribution in [0.4, 0.5) is 0 Å². The molecule has 4 heterocycles. The Morgan fingerprint density at radius 2 is 1.02 bits per heavy atom. The van der Waals surface area contributed by atoms with E-state index >= 15 is 0 Å². The molecule has 6 heteroatoms. The molecule has 7 aromatic carbocycles. The summed E-state index contributed by atoms with van der Waals surface area (Å²) < 4.78 is 4.69. The lowest BCUT2D eigenvalue weighted by Crippen LogP contribution is -2.36. The average molecular weight is 719 g/mol.